The maximum absolute atomic E-state index is 13.0. The minimum atomic E-state index is -3.76. The summed E-state index contributed by atoms with van der Waals surface area (Å²) >= 11 is 6.07. The highest BCUT2D eigenvalue weighted by Crippen LogP contribution is 2.23. The quantitative estimate of drug-likeness (QED) is 0.588. The van der Waals surface area contributed by atoms with Crippen molar-refractivity contribution in [3.8, 4) is 0 Å². The van der Waals surface area contributed by atoms with Gasteiger partial charge in [-0.15, -0.1) is 0 Å². The number of carbonyl (C=O) groups is 1. The third-order valence-electron chi connectivity index (χ3n) is 5.59. The first-order chi connectivity index (χ1) is 14.8. The third-order valence-corrected chi connectivity index (χ3v) is 7.63. The van der Waals surface area contributed by atoms with E-state index in [4.69, 9.17) is 11.6 Å². The number of likely N-dealkylation sites (N-methyl/N-ethyl adjacent to an activating group) is 1. The molecule has 0 saturated carbocycles. The van der Waals surface area contributed by atoms with E-state index >= 15 is 0 Å². The van der Waals surface area contributed by atoms with E-state index in [0.29, 0.717) is 31.2 Å². The summed E-state index contributed by atoms with van der Waals surface area (Å²) < 4.78 is 27.1. The van der Waals surface area contributed by atoms with Gasteiger partial charge in [0.1, 0.15) is 0 Å². The van der Waals surface area contributed by atoms with Crippen LogP contribution in [0, 0.1) is 0 Å². The molecule has 1 heterocycles. The molecular formula is C23H24ClN3O3S. The normalized spacial score (nSPS) is 14.9. The zero-order valence-electron chi connectivity index (χ0n) is 17.2. The van der Waals surface area contributed by atoms with Crippen molar-refractivity contribution in [1.82, 2.24) is 9.21 Å². The van der Waals surface area contributed by atoms with Crippen LogP contribution in [0.25, 0.3) is 10.8 Å². The Morgan fingerprint density at radius 3 is 2.35 bits per heavy atom. The van der Waals surface area contributed by atoms with E-state index in [9.17, 15) is 13.2 Å². The number of nitrogens with zero attached hydrogens (tertiary/aromatic N) is 3. The fourth-order valence-corrected chi connectivity index (χ4v) is 5.11. The summed E-state index contributed by atoms with van der Waals surface area (Å²) in [5.41, 5.74) is 1.02. The van der Waals surface area contributed by atoms with Crippen molar-refractivity contribution in [3.05, 3.63) is 71.8 Å². The van der Waals surface area contributed by atoms with Crippen LogP contribution in [0.1, 0.15) is 0 Å². The van der Waals surface area contributed by atoms with Gasteiger partial charge in [-0.25, -0.2) is 8.42 Å². The lowest BCUT2D eigenvalue weighted by molar-refractivity contribution is -0.131. The van der Waals surface area contributed by atoms with Crippen molar-refractivity contribution in [1.29, 1.82) is 0 Å². The number of halogens is 1. The molecule has 1 fully saturated rings. The third kappa shape index (κ3) is 4.69. The topological polar surface area (TPSA) is 60.9 Å². The van der Waals surface area contributed by atoms with Crippen LogP contribution < -0.4 is 4.90 Å². The van der Waals surface area contributed by atoms with E-state index in [-0.39, 0.29) is 17.3 Å². The van der Waals surface area contributed by atoms with Crippen molar-refractivity contribution in [3.63, 3.8) is 0 Å². The average Bonchev–Trinajstić information content (AvgIpc) is 2.78. The lowest BCUT2D eigenvalue weighted by Crippen LogP contribution is -2.51. The highest BCUT2D eigenvalue weighted by Gasteiger charge is 2.27. The van der Waals surface area contributed by atoms with E-state index in [0.717, 1.165) is 20.8 Å². The minimum Gasteiger partial charge on any atom is -0.368 e. The van der Waals surface area contributed by atoms with Gasteiger partial charge < -0.3 is 9.80 Å². The van der Waals surface area contributed by atoms with Gasteiger partial charge >= 0.3 is 0 Å². The van der Waals surface area contributed by atoms with Gasteiger partial charge in [0.15, 0.2) is 0 Å². The number of fused-ring (bicyclic) bond motifs is 1. The Morgan fingerprint density at radius 2 is 1.65 bits per heavy atom. The van der Waals surface area contributed by atoms with Crippen molar-refractivity contribution < 1.29 is 13.2 Å². The zero-order chi connectivity index (χ0) is 22.0. The summed E-state index contributed by atoms with van der Waals surface area (Å²) in [6.07, 6.45) is 0. The Labute approximate surface area is 187 Å². The first kappa shape index (κ1) is 21.6. The van der Waals surface area contributed by atoms with E-state index in [1.165, 1.54) is 7.05 Å². The zero-order valence-corrected chi connectivity index (χ0v) is 18.8. The Hall–Kier alpha value is -2.61. The molecule has 0 N–H and O–H groups in total. The van der Waals surface area contributed by atoms with Crippen molar-refractivity contribution >= 4 is 44.0 Å². The monoisotopic (exact) mass is 457 g/mol. The molecule has 0 atom stereocenters. The number of rotatable bonds is 5. The van der Waals surface area contributed by atoms with Gasteiger partial charge in [-0.05, 0) is 41.1 Å². The maximum Gasteiger partial charge on any atom is 0.243 e. The van der Waals surface area contributed by atoms with Crippen molar-refractivity contribution in [2.45, 2.75) is 4.90 Å². The van der Waals surface area contributed by atoms with Crippen LogP contribution in [-0.4, -0.2) is 63.3 Å². The Morgan fingerprint density at radius 1 is 0.935 bits per heavy atom. The number of benzene rings is 3. The molecule has 3 aromatic rings. The summed E-state index contributed by atoms with van der Waals surface area (Å²) in [4.78, 5) is 16.9. The van der Waals surface area contributed by atoms with Crippen LogP contribution in [0.5, 0.6) is 0 Å². The molecule has 1 amide bonds. The van der Waals surface area contributed by atoms with Gasteiger partial charge in [0, 0.05) is 43.9 Å². The van der Waals surface area contributed by atoms with Gasteiger partial charge in [0.05, 0.1) is 11.4 Å². The molecule has 3 aromatic carbocycles. The lowest BCUT2D eigenvalue weighted by Gasteiger charge is -2.36. The molecule has 0 radical (unpaired) electrons. The number of carbonyl (C=O) groups excluding carboxylic acids is 1. The van der Waals surface area contributed by atoms with E-state index < -0.39 is 10.0 Å². The molecular weight excluding hydrogens is 434 g/mol. The standard InChI is InChI=1S/C23H24ClN3O3S/c1-25(31(29,30)22-10-9-18-5-2-3-6-19(18)15-22)17-23(28)27-13-11-26(12-14-27)21-8-4-7-20(24)16-21/h2-10,15-16H,11-14,17H2,1H3. The lowest BCUT2D eigenvalue weighted by atomic mass is 10.1. The molecule has 6 nitrogen and oxygen atoms in total. The summed E-state index contributed by atoms with van der Waals surface area (Å²) in [7, 11) is -2.31. The second kappa shape index (κ2) is 8.86. The molecule has 0 aliphatic carbocycles. The van der Waals surface area contributed by atoms with Crippen LogP contribution in [0.15, 0.2) is 71.6 Å². The second-order valence-corrected chi connectivity index (χ2v) is 10.1. The number of amides is 1. The van der Waals surface area contributed by atoms with E-state index in [2.05, 4.69) is 4.90 Å². The van der Waals surface area contributed by atoms with Gasteiger partial charge in [-0.1, -0.05) is 48.0 Å². The number of piperazine rings is 1. The van der Waals surface area contributed by atoms with E-state index in [1.54, 1.807) is 23.1 Å². The number of sulfonamides is 1. The SMILES string of the molecule is CN(CC(=O)N1CCN(c2cccc(Cl)c2)CC1)S(=O)(=O)c1ccc2ccccc2c1. The van der Waals surface area contributed by atoms with Crippen LogP contribution in [0.2, 0.25) is 5.02 Å². The molecule has 8 heteroatoms. The number of anilines is 1. The number of hydrogen-bond donors (Lipinski definition) is 0. The second-order valence-electron chi connectivity index (χ2n) is 7.62. The molecule has 0 spiro atoms. The van der Waals surface area contributed by atoms with Crippen molar-refractivity contribution in [2.75, 3.05) is 44.7 Å². The Bertz CT molecular complexity index is 1210. The highest BCUT2D eigenvalue weighted by atomic mass is 35.5. The predicted molar refractivity (Wildman–Crippen MR) is 124 cm³/mol. The molecule has 1 saturated heterocycles. The summed E-state index contributed by atoms with van der Waals surface area (Å²) in [6, 6.07) is 20.2. The molecule has 0 bridgehead atoms. The molecule has 0 unspecified atom stereocenters. The van der Waals surface area contributed by atoms with Gasteiger partial charge in [-0.3, -0.25) is 4.79 Å². The van der Waals surface area contributed by atoms with Crippen LogP contribution in [-0.2, 0) is 14.8 Å². The van der Waals surface area contributed by atoms with Gasteiger partial charge in [0.25, 0.3) is 0 Å². The molecule has 1 aliphatic heterocycles. The first-order valence-corrected chi connectivity index (χ1v) is 11.9. The Kier molecular flexibility index (Phi) is 6.18. The minimum absolute atomic E-state index is 0.187. The molecule has 0 aromatic heterocycles. The fourth-order valence-electron chi connectivity index (χ4n) is 3.77. The number of hydrogen-bond acceptors (Lipinski definition) is 4. The summed E-state index contributed by atoms with van der Waals surface area (Å²) in [5, 5.41) is 2.50. The van der Waals surface area contributed by atoms with Crippen LogP contribution in [0.4, 0.5) is 5.69 Å². The molecule has 4 rings (SSSR count). The highest BCUT2D eigenvalue weighted by molar-refractivity contribution is 7.89. The van der Waals surface area contributed by atoms with Crippen LogP contribution >= 0.6 is 11.6 Å². The molecule has 162 valence electrons. The Balaban J connectivity index is 1.39. The largest absolute Gasteiger partial charge is 0.368 e. The van der Waals surface area contributed by atoms with Crippen LogP contribution in [0.3, 0.4) is 0 Å². The summed E-state index contributed by atoms with van der Waals surface area (Å²) in [5.74, 6) is -0.197. The average molecular weight is 458 g/mol. The maximum atomic E-state index is 13.0. The van der Waals surface area contributed by atoms with Gasteiger partial charge in [0.2, 0.25) is 15.9 Å². The van der Waals surface area contributed by atoms with E-state index in [1.807, 2.05) is 48.5 Å². The smallest absolute Gasteiger partial charge is 0.243 e. The van der Waals surface area contributed by atoms with Crippen molar-refractivity contribution in [2.24, 2.45) is 0 Å². The molecule has 31 heavy (non-hydrogen) atoms. The first-order valence-electron chi connectivity index (χ1n) is 10.1. The molecule has 1 aliphatic rings. The summed E-state index contributed by atoms with van der Waals surface area (Å²) in [6.45, 7) is 2.23. The van der Waals surface area contributed by atoms with Gasteiger partial charge in [-0.2, -0.15) is 4.31 Å². The fraction of sp³-hybridized carbons (Fsp3) is 0.261. The predicted octanol–water partition coefficient (Wildman–Crippen LogP) is 3.46.